The predicted octanol–water partition coefficient (Wildman–Crippen LogP) is 3.99. The van der Waals surface area contributed by atoms with Crippen molar-refractivity contribution in [2.45, 2.75) is 57.0 Å². The van der Waals surface area contributed by atoms with Crippen LogP contribution in [0.5, 0.6) is 11.6 Å². The number of non-ortho nitro benzene ring substituents is 1. The van der Waals surface area contributed by atoms with Crippen molar-refractivity contribution in [1.82, 2.24) is 19.8 Å². The zero-order valence-corrected chi connectivity index (χ0v) is 21.2. The molecule has 2 N–H and O–H groups in total. The Morgan fingerprint density at radius 1 is 1.27 bits per heavy atom. The van der Waals surface area contributed by atoms with Crippen LogP contribution >= 0.6 is 0 Å². The summed E-state index contributed by atoms with van der Waals surface area (Å²) in [6.07, 6.45) is 2.21. The second-order valence-corrected chi connectivity index (χ2v) is 10.5. The Morgan fingerprint density at radius 2 is 1.95 bits per heavy atom. The normalized spacial score (nSPS) is 14.3. The molecule has 0 unspecified atom stereocenters. The number of carbonyl (C=O) groups is 1. The van der Waals surface area contributed by atoms with Gasteiger partial charge in [-0.1, -0.05) is 6.92 Å². The molecule has 13 heteroatoms. The highest BCUT2D eigenvalue weighted by molar-refractivity contribution is 7.89. The number of halogens is 1. The highest BCUT2D eigenvalue weighted by atomic mass is 32.2. The van der Waals surface area contributed by atoms with Gasteiger partial charge in [0.1, 0.15) is 16.5 Å². The van der Waals surface area contributed by atoms with Gasteiger partial charge in [0.25, 0.3) is 11.6 Å². The maximum Gasteiger partial charge on any atom is 0.272 e. The van der Waals surface area contributed by atoms with Crippen molar-refractivity contribution in [3.05, 3.63) is 69.7 Å². The minimum absolute atomic E-state index is 0.00129. The van der Waals surface area contributed by atoms with Crippen molar-refractivity contribution in [1.29, 1.82) is 0 Å². The molecule has 1 atom stereocenters. The molecule has 1 amide bonds. The highest BCUT2D eigenvalue weighted by Crippen LogP contribution is 2.36. The number of nitrogens with zero attached hydrogens (tertiary/aromatic N) is 3. The zero-order chi connectivity index (χ0) is 26.9. The van der Waals surface area contributed by atoms with Crippen molar-refractivity contribution in [3.8, 4) is 17.3 Å². The van der Waals surface area contributed by atoms with Crippen molar-refractivity contribution in [3.63, 3.8) is 0 Å². The number of hydrogen-bond acceptors (Lipinski definition) is 7. The van der Waals surface area contributed by atoms with Gasteiger partial charge in [-0.15, -0.1) is 0 Å². The number of amides is 1. The molecule has 0 radical (unpaired) electrons. The SMILES string of the molecule is CC[C@H](C)NS(=O)(=O)c1cc([N+](=O)[O-])ccc1Oc1c(C)c(C(=O)NC2CC2)nn1-c1ccc(F)cc1. The summed E-state index contributed by atoms with van der Waals surface area (Å²) in [4.78, 5) is 23.1. The molecular formula is C24H26FN5O6S. The molecule has 1 fully saturated rings. The topological polar surface area (TPSA) is 145 Å². The third-order valence-corrected chi connectivity index (χ3v) is 7.48. The van der Waals surface area contributed by atoms with E-state index in [0.717, 1.165) is 25.0 Å². The summed E-state index contributed by atoms with van der Waals surface area (Å²) in [5.41, 5.74) is 0.272. The molecule has 1 aliphatic rings. The molecular weight excluding hydrogens is 505 g/mol. The minimum atomic E-state index is -4.23. The Hall–Kier alpha value is -3.84. The van der Waals surface area contributed by atoms with Crippen LogP contribution in [-0.4, -0.2) is 41.1 Å². The number of sulfonamides is 1. The number of benzene rings is 2. The standard InChI is InChI=1S/C24H26FN5O6S/c1-4-14(2)28-37(34,35)21-13-19(30(32)33)11-12-20(21)36-24-15(3)22(23(31)26-17-7-8-17)27-29(24)18-9-5-16(25)6-10-18/h5-6,9-14,17,28H,4,7-8H2,1-3H3,(H,26,31)/t14-/m0/s1. The molecule has 1 saturated carbocycles. The van der Waals surface area contributed by atoms with E-state index in [1.54, 1.807) is 20.8 Å². The molecule has 2 aromatic carbocycles. The minimum Gasteiger partial charge on any atom is -0.437 e. The lowest BCUT2D eigenvalue weighted by atomic mass is 10.2. The van der Waals surface area contributed by atoms with Crippen LogP contribution < -0.4 is 14.8 Å². The molecule has 4 rings (SSSR count). The number of nitrogens with one attached hydrogen (secondary N) is 2. The number of nitro groups is 1. The summed E-state index contributed by atoms with van der Waals surface area (Å²) >= 11 is 0. The Kier molecular flexibility index (Phi) is 7.28. The number of carbonyl (C=O) groups excluding carboxylic acids is 1. The molecule has 196 valence electrons. The number of aromatic nitrogens is 2. The van der Waals surface area contributed by atoms with E-state index in [4.69, 9.17) is 4.74 Å². The zero-order valence-electron chi connectivity index (χ0n) is 20.4. The third-order valence-electron chi connectivity index (χ3n) is 5.87. The van der Waals surface area contributed by atoms with Crippen LogP contribution in [0, 0.1) is 22.9 Å². The Bertz CT molecular complexity index is 1450. The van der Waals surface area contributed by atoms with Gasteiger partial charge < -0.3 is 10.1 Å². The summed E-state index contributed by atoms with van der Waals surface area (Å²) in [5, 5.41) is 18.6. The Balaban J connectivity index is 1.84. The molecule has 11 nitrogen and oxygen atoms in total. The first kappa shape index (κ1) is 26.2. The molecule has 3 aromatic rings. The highest BCUT2D eigenvalue weighted by Gasteiger charge is 2.30. The molecule has 1 aromatic heterocycles. The molecule has 0 saturated heterocycles. The second kappa shape index (κ2) is 10.3. The van der Waals surface area contributed by atoms with Gasteiger partial charge in [-0.2, -0.15) is 9.78 Å². The summed E-state index contributed by atoms with van der Waals surface area (Å²) in [6, 6.07) is 8.09. The quantitative estimate of drug-likeness (QED) is 0.297. The predicted molar refractivity (Wildman–Crippen MR) is 132 cm³/mol. The van der Waals surface area contributed by atoms with E-state index in [-0.39, 0.29) is 23.4 Å². The lowest BCUT2D eigenvalue weighted by Gasteiger charge is -2.16. The molecule has 1 aliphatic carbocycles. The summed E-state index contributed by atoms with van der Waals surface area (Å²) in [6.45, 7) is 5.03. The largest absolute Gasteiger partial charge is 0.437 e. The van der Waals surface area contributed by atoms with Gasteiger partial charge in [0, 0.05) is 29.8 Å². The van der Waals surface area contributed by atoms with Crippen LogP contribution in [0.1, 0.15) is 49.2 Å². The van der Waals surface area contributed by atoms with Gasteiger partial charge in [-0.25, -0.2) is 17.5 Å². The van der Waals surface area contributed by atoms with Crippen molar-refractivity contribution in [2.24, 2.45) is 0 Å². The van der Waals surface area contributed by atoms with E-state index in [0.29, 0.717) is 17.7 Å². The monoisotopic (exact) mass is 531 g/mol. The second-order valence-electron chi connectivity index (χ2n) is 8.84. The number of nitro benzene ring substituents is 1. The molecule has 0 spiro atoms. The smallest absolute Gasteiger partial charge is 0.272 e. The van der Waals surface area contributed by atoms with Crippen LogP contribution in [0.15, 0.2) is 47.4 Å². The van der Waals surface area contributed by atoms with Gasteiger partial charge >= 0.3 is 0 Å². The summed E-state index contributed by atoms with van der Waals surface area (Å²) in [7, 11) is -4.23. The fourth-order valence-electron chi connectivity index (χ4n) is 3.48. The van der Waals surface area contributed by atoms with Gasteiger partial charge in [-0.3, -0.25) is 14.9 Å². The number of rotatable bonds is 10. The van der Waals surface area contributed by atoms with E-state index in [1.807, 2.05) is 0 Å². The lowest BCUT2D eigenvalue weighted by Crippen LogP contribution is -2.32. The molecule has 0 aliphatic heterocycles. The first-order chi connectivity index (χ1) is 17.5. The summed E-state index contributed by atoms with van der Waals surface area (Å²) in [5.74, 6) is -1.12. The van der Waals surface area contributed by atoms with Crippen LogP contribution in [0.2, 0.25) is 0 Å². The van der Waals surface area contributed by atoms with Crippen LogP contribution in [0.3, 0.4) is 0 Å². The number of ether oxygens (including phenoxy) is 1. The number of hydrogen-bond donors (Lipinski definition) is 2. The Labute approximate surface area is 212 Å². The van der Waals surface area contributed by atoms with E-state index in [9.17, 15) is 27.7 Å². The van der Waals surface area contributed by atoms with Gasteiger partial charge in [0.05, 0.1) is 10.6 Å². The average molecular weight is 532 g/mol. The van der Waals surface area contributed by atoms with E-state index in [2.05, 4.69) is 15.1 Å². The lowest BCUT2D eigenvalue weighted by molar-refractivity contribution is -0.385. The van der Waals surface area contributed by atoms with Crippen LogP contribution in [0.25, 0.3) is 5.69 Å². The fraction of sp³-hybridized carbons (Fsp3) is 0.333. The van der Waals surface area contributed by atoms with Crippen LogP contribution in [0.4, 0.5) is 10.1 Å². The Morgan fingerprint density at radius 3 is 2.54 bits per heavy atom. The van der Waals surface area contributed by atoms with Crippen molar-refractivity contribution < 1.29 is 27.3 Å². The van der Waals surface area contributed by atoms with Crippen LogP contribution in [-0.2, 0) is 10.0 Å². The van der Waals surface area contributed by atoms with Gasteiger partial charge in [-0.05, 0) is 63.4 Å². The average Bonchev–Trinajstić information content (AvgIpc) is 3.61. The van der Waals surface area contributed by atoms with Crippen molar-refractivity contribution >= 4 is 21.6 Å². The summed E-state index contributed by atoms with van der Waals surface area (Å²) < 4.78 is 49.7. The third kappa shape index (κ3) is 5.78. The van der Waals surface area contributed by atoms with E-state index >= 15 is 0 Å². The van der Waals surface area contributed by atoms with Gasteiger partial charge in [0.15, 0.2) is 5.69 Å². The first-order valence-corrected chi connectivity index (χ1v) is 13.1. The fourth-order valence-corrected chi connectivity index (χ4v) is 4.95. The maximum atomic E-state index is 13.6. The molecule has 37 heavy (non-hydrogen) atoms. The van der Waals surface area contributed by atoms with E-state index < -0.39 is 43.3 Å². The van der Waals surface area contributed by atoms with Gasteiger partial charge in [0.2, 0.25) is 15.9 Å². The molecule has 0 bridgehead atoms. The maximum absolute atomic E-state index is 13.6. The van der Waals surface area contributed by atoms with Crippen molar-refractivity contribution in [2.75, 3.05) is 0 Å². The molecule has 1 heterocycles. The van der Waals surface area contributed by atoms with E-state index in [1.165, 1.54) is 35.0 Å². The first-order valence-electron chi connectivity index (χ1n) is 11.6.